The minimum atomic E-state index is -3.58. The number of nitrogens with two attached hydrogens (primary N) is 1. The SMILES string of the molecule is CC(COc1cccnc1[N+](=O)[O-])CS(N)(=O)=O. The quantitative estimate of drug-likeness (QED) is 0.587. The Hall–Kier alpha value is -1.74. The minimum Gasteiger partial charge on any atom is -0.485 e. The molecular formula is C9H13N3O5S. The van der Waals surface area contributed by atoms with E-state index in [1.807, 2.05) is 0 Å². The third-order valence-electron chi connectivity index (χ3n) is 1.96. The van der Waals surface area contributed by atoms with E-state index < -0.39 is 20.8 Å². The van der Waals surface area contributed by atoms with E-state index in [4.69, 9.17) is 9.88 Å². The smallest absolute Gasteiger partial charge is 0.406 e. The molecule has 1 rings (SSSR count). The molecule has 0 bridgehead atoms. The molecular weight excluding hydrogens is 262 g/mol. The first-order valence-electron chi connectivity index (χ1n) is 5.02. The van der Waals surface area contributed by atoms with Crippen LogP contribution in [0.25, 0.3) is 0 Å². The highest BCUT2D eigenvalue weighted by Crippen LogP contribution is 2.23. The normalized spacial score (nSPS) is 13.0. The van der Waals surface area contributed by atoms with Gasteiger partial charge in [0.25, 0.3) is 0 Å². The van der Waals surface area contributed by atoms with E-state index >= 15 is 0 Å². The topological polar surface area (TPSA) is 125 Å². The van der Waals surface area contributed by atoms with E-state index in [9.17, 15) is 18.5 Å². The molecule has 18 heavy (non-hydrogen) atoms. The predicted molar refractivity (Wildman–Crippen MR) is 63.5 cm³/mol. The highest BCUT2D eigenvalue weighted by atomic mass is 32.2. The van der Waals surface area contributed by atoms with Gasteiger partial charge in [-0.15, -0.1) is 0 Å². The van der Waals surface area contributed by atoms with Crippen LogP contribution in [0.5, 0.6) is 5.75 Å². The fourth-order valence-electron chi connectivity index (χ4n) is 1.31. The lowest BCUT2D eigenvalue weighted by Crippen LogP contribution is -2.25. The summed E-state index contributed by atoms with van der Waals surface area (Å²) in [6.45, 7) is 1.62. The first-order chi connectivity index (χ1) is 8.29. The monoisotopic (exact) mass is 275 g/mol. The van der Waals surface area contributed by atoms with Crippen LogP contribution < -0.4 is 9.88 Å². The summed E-state index contributed by atoms with van der Waals surface area (Å²) in [4.78, 5) is 13.5. The molecule has 1 atom stereocenters. The number of hydrogen-bond acceptors (Lipinski definition) is 6. The Labute approximate surface area is 104 Å². The summed E-state index contributed by atoms with van der Waals surface area (Å²) in [6, 6.07) is 2.89. The van der Waals surface area contributed by atoms with Crippen molar-refractivity contribution in [2.45, 2.75) is 6.92 Å². The van der Waals surface area contributed by atoms with Gasteiger partial charge in [-0.1, -0.05) is 6.92 Å². The number of nitrogens with zero attached hydrogens (tertiary/aromatic N) is 2. The van der Waals surface area contributed by atoms with Gasteiger partial charge in [0.15, 0.2) is 0 Å². The predicted octanol–water partition coefficient (Wildman–Crippen LogP) is 0.293. The fraction of sp³-hybridized carbons (Fsp3) is 0.444. The van der Waals surface area contributed by atoms with Gasteiger partial charge in [0.2, 0.25) is 15.8 Å². The maximum absolute atomic E-state index is 10.8. The third kappa shape index (κ3) is 4.63. The molecule has 100 valence electrons. The van der Waals surface area contributed by atoms with Crippen LogP contribution in [-0.4, -0.2) is 30.7 Å². The van der Waals surface area contributed by atoms with E-state index in [0.717, 1.165) is 0 Å². The second kappa shape index (κ2) is 5.74. The van der Waals surface area contributed by atoms with Gasteiger partial charge in [-0.2, -0.15) is 0 Å². The van der Waals surface area contributed by atoms with Crippen LogP contribution in [0, 0.1) is 16.0 Å². The van der Waals surface area contributed by atoms with E-state index in [1.165, 1.54) is 18.3 Å². The van der Waals surface area contributed by atoms with Crippen LogP contribution in [-0.2, 0) is 10.0 Å². The molecule has 0 aliphatic rings. The average Bonchev–Trinajstić information content (AvgIpc) is 2.24. The largest absolute Gasteiger partial charge is 0.485 e. The number of ether oxygens (including phenoxy) is 1. The Morgan fingerprint density at radius 3 is 2.83 bits per heavy atom. The lowest BCUT2D eigenvalue weighted by molar-refractivity contribution is -0.390. The van der Waals surface area contributed by atoms with Gasteiger partial charge in [-0.05, 0) is 22.0 Å². The summed E-state index contributed by atoms with van der Waals surface area (Å²) < 4.78 is 26.8. The molecule has 2 N–H and O–H groups in total. The molecule has 0 fully saturated rings. The Balaban J connectivity index is 2.67. The minimum absolute atomic E-state index is 0.00294. The highest BCUT2D eigenvalue weighted by molar-refractivity contribution is 7.89. The molecule has 9 heteroatoms. The van der Waals surface area contributed by atoms with E-state index in [2.05, 4.69) is 4.98 Å². The summed E-state index contributed by atoms with van der Waals surface area (Å²) >= 11 is 0. The number of nitro groups is 1. The Morgan fingerprint density at radius 2 is 2.28 bits per heavy atom. The summed E-state index contributed by atoms with van der Waals surface area (Å²) in [5.41, 5.74) is 0. The summed E-state index contributed by atoms with van der Waals surface area (Å²) in [5.74, 6) is -1.02. The zero-order valence-electron chi connectivity index (χ0n) is 9.64. The molecule has 0 aliphatic heterocycles. The van der Waals surface area contributed by atoms with Crippen LogP contribution in [0.4, 0.5) is 5.82 Å². The number of rotatable bonds is 6. The van der Waals surface area contributed by atoms with Gasteiger partial charge in [0.1, 0.15) is 6.20 Å². The van der Waals surface area contributed by atoms with Gasteiger partial charge >= 0.3 is 5.82 Å². The molecule has 0 saturated heterocycles. The molecule has 0 radical (unpaired) electrons. The molecule has 1 aromatic rings. The van der Waals surface area contributed by atoms with Gasteiger partial charge in [-0.25, -0.2) is 13.6 Å². The average molecular weight is 275 g/mol. The Morgan fingerprint density at radius 1 is 1.61 bits per heavy atom. The lowest BCUT2D eigenvalue weighted by atomic mass is 10.2. The van der Waals surface area contributed by atoms with E-state index in [1.54, 1.807) is 6.92 Å². The third-order valence-corrected chi connectivity index (χ3v) is 3.00. The molecule has 1 unspecified atom stereocenters. The highest BCUT2D eigenvalue weighted by Gasteiger charge is 2.18. The number of pyridine rings is 1. The first kappa shape index (κ1) is 14.3. The second-order valence-corrected chi connectivity index (χ2v) is 5.49. The zero-order valence-corrected chi connectivity index (χ0v) is 10.5. The maximum atomic E-state index is 10.8. The zero-order chi connectivity index (χ0) is 13.8. The second-order valence-electron chi connectivity index (χ2n) is 3.83. The van der Waals surface area contributed by atoms with Crippen LogP contribution in [0.1, 0.15) is 6.92 Å². The number of hydrogen-bond donors (Lipinski definition) is 1. The van der Waals surface area contributed by atoms with Gasteiger partial charge in [0, 0.05) is 5.92 Å². The van der Waals surface area contributed by atoms with Crippen molar-refractivity contribution < 1.29 is 18.1 Å². The van der Waals surface area contributed by atoms with E-state index in [0.29, 0.717) is 0 Å². The van der Waals surface area contributed by atoms with Crippen LogP contribution in [0.2, 0.25) is 0 Å². The Bertz CT molecular complexity index is 531. The van der Waals surface area contributed by atoms with Crippen molar-refractivity contribution >= 4 is 15.8 Å². The van der Waals surface area contributed by atoms with Crippen LogP contribution in [0.15, 0.2) is 18.3 Å². The van der Waals surface area contributed by atoms with Crippen molar-refractivity contribution in [3.05, 3.63) is 28.4 Å². The molecule has 1 aromatic heterocycles. The molecule has 8 nitrogen and oxygen atoms in total. The van der Waals surface area contributed by atoms with Gasteiger partial charge < -0.3 is 14.9 Å². The van der Waals surface area contributed by atoms with Crippen molar-refractivity contribution in [1.82, 2.24) is 4.98 Å². The molecule has 1 heterocycles. The summed E-state index contributed by atoms with van der Waals surface area (Å²) in [7, 11) is -3.58. The van der Waals surface area contributed by atoms with Crippen LogP contribution >= 0.6 is 0 Å². The molecule has 0 saturated carbocycles. The molecule has 0 amide bonds. The number of aromatic nitrogens is 1. The van der Waals surface area contributed by atoms with Crippen molar-refractivity contribution in [3.63, 3.8) is 0 Å². The summed E-state index contributed by atoms with van der Waals surface area (Å²) in [5, 5.41) is 15.5. The molecule has 0 aliphatic carbocycles. The Kier molecular flexibility index (Phi) is 4.56. The van der Waals surface area contributed by atoms with Crippen molar-refractivity contribution in [2.24, 2.45) is 11.1 Å². The van der Waals surface area contributed by atoms with E-state index in [-0.39, 0.29) is 24.0 Å². The number of primary sulfonamides is 1. The van der Waals surface area contributed by atoms with Crippen molar-refractivity contribution in [2.75, 3.05) is 12.4 Å². The molecule has 0 aromatic carbocycles. The van der Waals surface area contributed by atoms with Crippen LogP contribution in [0.3, 0.4) is 0 Å². The van der Waals surface area contributed by atoms with Gasteiger partial charge in [-0.3, -0.25) is 0 Å². The number of sulfonamides is 1. The first-order valence-corrected chi connectivity index (χ1v) is 6.74. The van der Waals surface area contributed by atoms with Crippen molar-refractivity contribution in [3.8, 4) is 5.75 Å². The fourth-order valence-corrected chi connectivity index (χ4v) is 2.20. The molecule has 0 spiro atoms. The lowest BCUT2D eigenvalue weighted by Gasteiger charge is -2.11. The standard InChI is InChI=1S/C9H13N3O5S/c1-7(6-18(10,15)16)5-17-8-3-2-4-11-9(8)12(13)14/h2-4,7H,5-6H2,1H3,(H2,10,15,16). The maximum Gasteiger partial charge on any atom is 0.406 e. The van der Waals surface area contributed by atoms with Crippen molar-refractivity contribution in [1.29, 1.82) is 0 Å². The van der Waals surface area contributed by atoms with Gasteiger partial charge in [0.05, 0.1) is 12.4 Å². The summed E-state index contributed by atoms with van der Waals surface area (Å²) in [6.07, 6.45) is 1.28.